The van der Waals surface area contributed by atoms with Crippen molar-refractivity contribution in [1.29, 1.82) is 0 Å². The monoisotopic (exact) mass is 380 g/mol. The van der Waals surface area contributed by atoms with E-state index in [1.807, 2.05) is 17.4 Å². The molecule has 2 heterocycles. The fourth-order valence-electron chi connectivity index (χ4n) is 3.51. The number of nitrogens with zero attached hydrogens (tertiary/aromatic N) is 2. The van der Waals surface area contributed by atoms with Gasteiger partial charge in [0, 0.05) is 37.2 Å². The van der Waals surface area contributed by atoms with Crippen LogP contribution in [0.15, 0.2) is 78.9 Å². The molecule has 0 saturated heterocycles. The molecule has 3 aromatic carbocycles. The molecule has 136 valence electrons. The van der Waals surface area contributed by atoms with Crippen molar-refractivity contribution in [3.8, 4) is 22.5 Å². The van der Waals surface area contributed by atoms with Gasteiger partial charge in [-0.05, 0) is 18.2 Å². The SMILES string of the molecule is CC(C)c1nc(-c2ccccc2)cc(-c2ccc3c(c2)sc2ccccc23)n1. The highest BCUT2D eigenvalue weighted by Gasteiger charge is 2.12. The molecule has 0 fully saturated rings. The maximum atomic E-state index is 4.88. The van der Waals surface area contributed by atoms with Crippen molar-refractivity contribution in [2.75, 3.05) is 0 Å². The molecule has 5 rings (SSSR count). The summed E-state index contributed by atoms with van der Waals surface area (Å²) in [6.07, 6.45) is 0. The molecule has 2 nitrogen and oxygen atoms in total. The molecule has 0 unspecified atom stereocenters. The summed E-state index contributed by atoms with van der Waals surface area (Å²) in [6.45, 7) is 4.28. The summed E-state index contributed by atoms with van der Waals surface area (Å²) in [6, 6.07) is 27.7. The van der Waals surface area contributed by atoms with E-state index in [4.69, 9.17) is 9.97 Å². The summed E-state index contributed by atoms with van der Waals surface area (Å²) in [7, 11) is 0. The summed E-state index contributed by atoms with van der Waals surface area (Å²) >= 11 is 1.84. The average molecular weight is 381 g/mol. The Labute approximate surface area is 168 Å². The highest BCUT2D eigenvalue weighted by Crippen LogP contribution is 2.36. The normalized spacial score (nSPS) is 11.5. The first kappa shape index (κ1) is 17.1. The largest absolute Gasteiger partial charge is 0.233 e. The molecule has 0 atom stereocenters. The first-order chi connectivity index (χ1) is 13.7. The van der Waals surface area contributed by atoms with E-state index in [1.54, 1.807) is 0 Å². The summed E-state index contributed by atoms with van der Waals surface area (Å²) in [4.78, 5) is 9.70. The number of thiophene rings is 1. The molecule has 5 aromatic rings. The standard InChI is InChI=1S/C25H20N2S/c1-16(2)25-26-21(17-8-4-3-5-9-17)15-22(27-25)18-12-13-20-19-10-6-7-11-23(19)28-24(20)14-18/h3-16H,1-2H3. The van der Waals surface area contributed by atoms with Gasteiger partial charge in [-0.3, -0.25) is 0 Å². The quantitative estimate of drug-likeness (QED) is 0.328. The smallest absolute Gasteiger partial charge is 0.132 e. The molecule has 0 radical (unpaired) electrons. The van der Waals surface area contributed by atoms with E-state index in [1.165, 1.54) is 20.2 Å². The summed E-state index contributed by atoms with van der Waals surface area (Å²) < 4.78 is 2.62. The van der Waals surface area contributed by atoms with Crippen molar-refractivity contribution in [2.45, 2.75) is 19.8 Å². The minimum absolute atomic E-state index is 0.274. The Morgan fingerprint density at radius 3 is 2.11 bits per heavy atom. The van der Waals surface area contributed by atoms with E-state index in [0.29, 0.717) is 0 Å². The van der Waals surface area contributed by atoms with Crippen LogP contribution in [-0.4, -0.2) is 9.97 Å². The Hall–Kier alpha value is -3.04. The van der Waals surface area contributed by atoms with Crippen LogP contribution in [0.1, 0.15) is 25.6 Å². The molecule has 3 heteroatoms. The molecule has 0 spiro atoms. The predicted octanol–water partition coefficient (Wildman–Crippen LogP) is 7.30. The van der Waals surface area contributed by atoms with Crippen LogP contribution in [0.3, 0.4) is 0 Å². The van der Waals surface area contributed by atoms with E-state index < -0.39 is 0 Å². The van der Waals surface area contributed by atoms with Crippen molar-refractivity contribution in [3.05, 3.63) is 84.7 Å². The summed E-state index contributed by atoms with van der Waals surface area (Å²) in [5, 5.41) is 2.63. The number of hydrogen-bond donors (Lipinski definition) is 0. The highest BCUT2D eigenvalue weighted by atomic mass is 32.1. The maximum absolute atomic E-state index is 4.88. The fourth-order valence-corrected chi connectivity index (χ4v) is 4.66. The molecule has 0 aliphatic rings. The van der Waals surface area contributed by atoms with Crippen LogP contribution in [0.4, 0.5) is 0 Å². The Morgan fingerprint density at radius 2 is 1.32 bits per heavy atom. The van der Waals surface area contributed by atoms with E-state index >= 15 is 0 Å². The van der Waals surface area contributed by atoms with Crippen molar-refractivity contribution < 1.29 is 0 Å². The Balaban J connectivity index is 1.69. The average Bonchev–Trinajstić information content (AvgIpc) is 3.12. The highest BCUT2D eigenvalue weighted by molar-refractivity contribution is 7.25. The van der Waals surface area contributed by atoms with Crippen molar-refractivity contribution >= 4 is 31.5 Å². The van der Waals surface area contributed by atoms with E-state index in [-0.39, 0.29) is 5.92 Å². The molecule has 0 bridgehead atoms. The third-order valence-corrected chi connectivity index (χ3v) is 6.14. The second-order valence-corrected chi connectivity index (χ2v) is 8.41. The Kier molecular flexibility index (Phi) is 4.18. The van der Waals surface area contributed by atoms with Gasteiger partial charge in [-0.25, -0.2) is 9.97 Å². The van der Waals surface area contributed by atoms with Crippen LogP contribution in [-0.2, 0) is 0 Å². The maximum Gasteiger partial charge on any atom is 0.132 e. The minimum atomic E-state index is 0.274. The van der Waals surface area contributed by atoms with E-state index in [9.17, 15) is 0 Å². The molecule has 28 heavy (non-hydrogen) atoms. The third-order valence-electron chi connectivity index (χ3n) is 5.00. The van der Waals surface area contributed by atoms with Crippen LogP contribution in [0.25, 0.3) is 42.7 Å². The van der Waals surface area contributed by atoms with Gasteiger partial charge in [-0.15, -0.1) is 11.3 Å². The lowest BCUT2D eigenvalue weighted by Gasteiger charge is -2.11. The molecular weight excluding hydrogens is 360 g/mol. The first-order valence-corrected chi connectivity index (χ1v) is 10.4. The van der Waals surface area contributed by atoms with Gasteiger partial charge in [0.1, 0.15) is 5.82 Å². The fraction of sp³-hybridized carbons (Fsp3) is 0.120. The van der Waals surface area contributed by atoms with Gasteiger partial charge in [0.05, 0.1) is 11.4 Å². The number of benzene rings is 3. The molecule has 0 amide bonds. The van der Waals surface area contributed by atoms with Gasteiger partial charge < -0.3 is 0 Å². The Bertz CT molecular complexity index is 1290. The number of fused-ring (bicyclic) bond motifs is 3. The lowest BCUT2D eigenvalue weighted by molar-refractivity contribution is 0.778. The minimum Gasteiger partial charge on any atom is -0.233 e. The first-order valence-electron chi connectivity index (χ1n) is 9.55. The molecular formula is C25H20N2S. The topological polar surface area (TPSA) is 25.8 Å². The summed E-state index contributed by atoms with van der Waals surface area (Å²) in [5.41, 5.74) is 4.22. The number of rotatable bonds is 3. The van der Waals surface area contributed by atoms with Crippen LogP contribution in [0, 0.1) is 0 Å². The second kappa shape index (κ2) is 6.84. The number of hydrogen-bond acceptors (Lipinski definition) is 3. The second-order valence-electron chi connectivity index (χ2n) is 7.33. The van der Waals surface area contributed by atoms with Gasteiger partial charge >= 0.3 is 0 Å². The van der Waals surface area contributed by atoms with Gasteiger partial charge in [0.25, 0.3) is 0 Å². The van der Waals surface area contributed by atoms with Crippen LogP contribution < -0.4 is 0 Å². The zero-order chi connectivity index (χ0) is 19.1. The molecule has 0 aliphatic carbocycles. The van der Waals surface area contributed by atoms with Crippen molar-refractivity contribution in [2.24, 2.45) is 0 Å². The van der Waals surface area contributed by atoms with E-state index in [2.05, 4.69) is 86.6 Å². The van der Waals surface area contributed by atoms with Crippen LogP contribution >= 0.6 is 11.3 Å². The lowest BCUT2D eigenvalue weighted by Crippen LogP contribution is -2.01. The zero-order valence-electron chi connectivity index (χ0n) is 15.9. The van der Waals surface area contributed by atoms with Crippen molar-refractivity contribution in [3.63, 3.8) is 0 Å². The zero-order valence-corrected chi connectivity index (χ0v) is 16.7. The number of aromatic nitrogens is 2. The van der Waals surface area contributed by atoms with Gasteiger partial charge in [-0.1, -0.05) is 74.5 Å². The molecule has 0 aliphatic heterocycles. The Morgan fingerprint density at radius 1 is 0.643 bits per heavy atom. The summed E-state index contributed by atoms with van der Waals surface area (Å²) in [5.74, 6) is 1.16. The third kappa shape index (κ3) is 2.98. The van der Waals surface area contributed by atoms with Crippen LogP contribution in [0.5, 0.6) is 0 Å². The van der Waals surface area contributed by atoms with Gasteiger partial charge in [-0.2, -0.15) is 0 Å². The molecule has 0 saturated carbocycles. The van der Waals surface area contributed by atoms with Crippen molar-refractivity contribution in [1.82, 2.24) is 9.97 Å². The van der Waals surface area contributed by atoms with Gasteiger partial charge in [0.15, 0.2) is 0 Å². The molecule has 0 N–H and O–H groups in total. The van der Waals surface area contributed by atoms with Crippen LogP contribution in [0.2, 0.25) is 0 Å². The van der Waals surface area contributed by atoms with E-state index in [0.717, 1.165) is 28.3 Å². The molecule has 2 aromatic heterocycles. The van der Waals surface area contributed by atoms with Gasteiger partial charge in [0.2, 0.25) is 0 Å². The predicted molar refractivity (Wildman–Crippen MR) is 120 cm³/mol. The lowest BCUT2D eigenvalue weighted by atomic mass is 10.0.